The van der Waals surface area contributed by atoms with Crippen LogP contribution in [0.25, 0.3) is 0 Å². The molecule has 25 heavy (non-hydrogen) atoms. The smallest absolute Gasteiger partial charge is 0.319 e. The second-order valence-corrected chi connectivity index (χ2v) is 6.70. The minimum Gasteiger partial charge on any atom is -0.381 e. The van der Waals surface area contributed by atoms with Crippen LogP contribution in [0.3, 0.4) is 0 Å². The van der Waals surface area contributed by atoms with Gasteiger partial charge in [-0.25, -0.2) is 4.79 Å². The summed E-state index contributed by atoms with van der Waals surface area (Å²) in [7, 11) is 0. The lowest BCUT2D eigenvalue weighted by atomic mass is 9.72. The first-order chi connectivity index (χ1) is 12.1. The zero-order valence-electron chi connectivity index (χ0n) is 14.8. The standard InChI is InChI=1S/C20H25N3O2/c1-15-5-3-4-6-18(15)20(8-11-25-12-9-20)14-22-19(24)23-17-7-10-21-16(2)13-17/h3-7,10,13H,8-9,11-12,14H2,1-2H3,(H2,21,22,23,24). The van der Waals surface area contributed by atoms with Crippen molar-refractivity contribution in [3.63, 3.8) is 0 Å². The lowest BCUT2D eigenvalue weighted by Crippen LogP contribution is -2.46. The van der Waals surface area contributed by atoms with Gasteiger partial charge >= 0.3 is 6.03 Å². The Labute approximate surface area is 148 Å². The Morgan fingerprint density at radius 1 is 1.20 bits per heavy atom. The fourth-order valence-electron chi connectivity index (χ4n) is 3.52. The van der Waals surface area contributed by atoms with Crippen molar-refractivity contribution in [3.8, 4) is 0 Å². The first kappa shape index (κ1) is 17.4. The molecule has 1 fully saturated rings. The molecule has 0 saturated carbocycles. The zero-order valence-corrected chi connectivity index (χ0v) is 14.8. The van der Waals surface area contributed by atoms with E-state index >= 15 is 0 Å². The molecule has 0 unspecified atom stereocenters. The second-order valence-electron chi connectivity index (χ2n) is 6.70. The molecule has 5 heteroatoms. The highest BCUT2D eigenvalue weighted by atomic mass is 16.5. The van der Waals surface area contributed by atoms with Gasteiger partial charge in [-0.15, -0.1) is 0 Å². The fourth-order valence-corrected chi connectivity index (χ4v) is 3.52. The van der Waals surface area contributed by atoms with E-state index in [9.17, 15) is 4.79 Å². The number of carbonyl (C=O) groups excluding carboxylic acids is 1. The molecule has 2 aromatic rings. The van der Waals surface area contributed by atoms with Crippen LogP contribution in [0, 0.1) is 13.8 Å². The highest BCUT2D eigenvalue weighted by Gasteiger charge is 2.35. The van der Waals surface area contributed by atoms with Crippen LogP contribution in [-0.4, -0.2) is 30.8 Å². The third-order valence-corrected chi connectivity index (χ3v) is 4.91. The van der Waals surface area contributed by atoms with Gasteiger partial charge in [-0.05, 0) is 49.9 Å². The summed E-state index contributed by atoms with van der Waals surface area (Å²) in [6, 6.07) is 11.9. The van der Waals surface area contributed by atoms with Crippen LogP contribution in [0.2, 0.25) is 0 Å². The number of rotatable bonds is 4. The molecular formula is C20H25N3O2. The van der Waals surface area contributed by atoms with Crippen LogP contribution in [0.15, 0.2) is 42.6 Å². The monoisotopic (exact) mass is 339 g/mol. The van der Waals surface area contributed by atoms with Crippen molar-refractivity contribution in [2.75, 3.05) is 25.1 Å². The van der Waals surface area contributed by atoms with Gasteiger partial charge in [0, 0.05) is 42.8 Å². The topological polar surface area (TPSA) is 63.2 Å². The molecular weight excluding hydrogens is 314 g/mol. The minimum absolute atomic E-state index is 0.0743. The van der Waals surface area contributed by atoms with Gasteiger partial charge < -0.3 is 15.4 Å². The first-order valence-corrected chi connectivity index (χ1v) is 8.70. The molecule has 0 bridgehead atoms. The van der Waals surface area contributed by atoms with Gasteiger partial charge in [0.05, 0.1) is 0 Å². The van der Waals surface area contributed by atoms with Gasteiger partial charge in [0.1, 0.15) is 0 Å². The van der Waals surface area contributed by atoms with E-state index in [0.717, 1.165) is 37.4 Å². The third-order valence-electron chi connectivity index (χ3n) is 4.91. The van der Waals surface area contributed by atoms with Crippen LogP contribution in [0.5, 0.6) is 0 Å². The third kappa shape index (κ3) is 4.17. The predicted octanol–water partition coefficient (Wildman–Crippen LogP) is 3.57. The number of nitrogens with one attached hydrogen (secondary N) is 2. The summed E-state index contributed by atoms with van der Waals surface area (Å²) in [4.78, 5) is 16.5. The van der Waals surface area contributed by atoms with Crippen LogP contribution in [0.4, 0.5) is 10.5 Å². The lowest BCUT2D eigenvalue weighted by Gasteiger charge is -2.39. The van der Waals surface area contributed by atoms with Crippen molar-refractivity contribution in [2.24, 2.45) is 0 Å². The second kappa shape index (κ2) is 7.66. The lowest BCUT2D eigenvalue weighted by molar-refractivity contribution is 0.0506. The molecule has 1 aliphatic heterocycles. The predicted molar refractivity (Wildman–Crippen MR) is 98.9 cm³/mol. The molecule has 0 aliphatic carbocycles. The summed E-state index contributed by atoms with van der Waals surface area (Å²) in [5.74, 6) is 0. The van der Waals surface area contributed by atoms with E-state index < -0.39 is 0 Å². The van der Waals surface area contributed by atoms with E-state index in [1.54, 1.807) is 12.3 Å². The van der Waals surface area contributed by atoms with E-state index in [1.807, 2.05) is 13.0 Å². The highest BCUT2D eigenvalue weighted by Crippen LogP contribution is 2.36. The summed E-state index contributed by atoms with van der Waals surface area (Å²) in [5, 5.41) is 5.95. The average Bonchev–Trinajstić information content (AvgIpc) is 2.61. The number of hydrogen-bond acceptors (Lipinski definition) is 3. The number of benzene rings is 1. The average molecular weight is 339 g/mol. The summed E-state index contributed by atoms with van der Waals surface area (Å²) >= 11 is 0. The molecule has 2 amide bonds. The first-order valence-electron chi connectivity index (χ1n) is 8.70. The fraction of sp³-hybridized carbons (Fsp3) is 0.400. The number of anilines is 1. The largest absolute Gasteiger partial charge is 0.381 e. The molecule has 3 rings (SSSR count). The van der Waals surface area contributed by atoms with Gasteiger partial charge in [-0.2, -0.15) is 0 Å². The molecule has 1 aromatic heterocycles. The number of nitrogens with zero attached hydrogens (tertiary/aromatic N) is 1. The maximum Gasteiger partial charge on any atom is 0.319 e. The molecule has 0 radical (unpaired) electrons. The molecule has 2 N–H and O–H groups in total. The number of amides is 2. The van der Waals surface area contributed by atoms with Crippen LogP contribution in [0.1, 0.15) is 29.7 Å². The van der Waals surface area contributed by atoms with Gasteiger partial charge in [-0.3, -0.25) is 4.98 Å². The van der Waals surface area contributed by atoms with Crippen molar-refractivity contribution >= 4 is 11.7 Å². The van der Waals surface area contributed by atoms with Crippen LogP contribution in [-0.2, 0) is 10.2 Å². The maximum atomic E-state index is 12.4. The number of ether oxygens (including phenoxy) is 1. The Hall–Kier alpha value is -2.40. The van der Waals surface area contributed by atoms with Crippen molar-refractivity contribution in [1.82, 2.24) is 10.3 Å². The molecule has 132 valence electrons. The quantitative estimate of drug-likeness (QED) is 0.895. The van der Waals surface area contributed by atoms with E-state index in [2.05, 4.69) is 46.8 Å². The molecule has 2 heterocycles. The van der Waals surface area contributed by atoms with E-state index in [0.29, 0.717) is 6.54 Å². The summed E-state index contributed by atoms with van der Waals surface area (Å²) in [6.07, 6.45) is 3.51. The molecule has 1 aromatic carbocycles. The van der Waals surface area contributed by atoms with Crippen molar-refractivity contribution in [3.05, 3.63) is 59.4 Å². The van der Waals surface area contributed by atoms with Crippen molar-refractivity contribution in [1.29, 1.82) is 0 Å². The molecule has 0 atom stereocenters. The van der Waals surface area contributed by atoms with Gasteiger partial charge in [0.2, 0.25) is 0 Å². The number of aryl methyl sites for hydroxylation is 2. The molecule has 1 aliphatic rings. The Balaban J connectivity index is 1.71. The number of urea groups is 1. The van der Waals surface area contributed by atoms with Gasteiger partial charge in [-0.1, -0.05) is 24.3 Å². The molecule has 1 saturated heterocycles. The number of hydrogen-bond donors (Lipinski definition) is 2. The Morgan fingerprint density at radius 2 is 1.96 bits per heavy atom. The normalized spacial score (nSPS) is 16.2. The van der Waals surface area contributed by atoms with E-state index in [4.69, 9.17) is 4.74 Å². The SMILES string of the molecule is Cc1cc(NC(=O)NCC2(c3ccccc3C)CCOCC2)ccn1. The maximum absolute atomic E-state index is 12.4. The number of carbonyl (C=O) groups is 1. The summed E-state index contributed by atoms with van der Waals surface area (Å²) < 4.78 is 5.57. The van der Waals surface area contributed by atoms with Crippen LogP contribution >= 0.6 is 0 Å². The van der Waals surface area contributed by atoms with E-state index in [-0.39, 0.29) is 11.4 Å². The summed E-state index contributed by atoms with van der Waals surface area (Å²) in [5.41, 5.74) is 4.12. The summed E-state index contributed by atoms with van der Waals surface area (Å²) in [6.45, 7) is 6.07. The molecule has 0 spiro atoms. The van der Waals surface area contributed by atoms with Gasteiger partial charge in [0.15, 0.2) is 0 Å². The zero-order chi connectivity index (χ0) is 17.7. The Morgan fingerprint density at radius 3 is 2.68 bits per heavy atom. The highest BCUT2D eigenvalue weighted by molar-refractivity contribution is 5.89. The van der Waals surface area contributed by atoms with Crippen molar-refractivity contribution in [2.45, 2.75) is 32.1 Å². The van der Waals surface area contributed by atoms with Gasteiger partial charge in [0.25, 0.3) is 0 Å². The number of pyridine rings is 1. The Bertz CT molecular complexity index is 739. The van der Waals surface area contributed by atoms with Crippen LogP contribution < -0.4 is 10.6 Å². The van der Waals surface area contributed by atoms with E-state index in [1.165, 1.54) is 11.1 Å². The Kier molecular flexibility index (Phi) is 5.34. The molecule has 5 nitrogen and oxygen atoms in total. The minimum atomic E-state index is -0.190. The number of aromatic nitrogens is 1. The van der Waals surface area contributed by atoms with Crippen molar-refractivity contribution < 1.29 is 9.53 Å².